The van der Waals surface area contributed by atoms with Gasteiger partial charge < -0.3 is 25.5 Å². The van der Waals surface area contributed by atoms with E-state index in [1.807, 2.05) is 0 Å². The Balaban J connectivity index is 1.30. The number of aromatic nitrogens is 8. The van der Waals surface area contributed by atoms with Gasteiger partial charge in [-0.3, -0.25) is 19.7 Å². The van der Waals surface area contributed by atoms with Gasteiger partial charge in [-0.05, 0) is 12.1 Å². The van der Waals surface area contributed by atoms with Crippen LogP contribution in [0.25, 0.3) is 21.7 Å². The number of hydrogen-bond acceptors (Lipinski definition) is 11. The van der Waals surface area contributed by atoms with Crippen LogP contribution in [0, 0.1) is 0 Å². The van der Waals surface area contributed by atoms with Crippen LogP contribution in [0.5, 0.6) is 0 Å². The van der Waals surface area contributed by atoms with E-state index in [0.717, 1.165) is 5.56 Å². The number of H-pyrrole nitrogens is 1. The lowest BCUT2D eigenvalue weighted by Gasteiger charge is -2.12. The van der Waals surface area contributed by atoms with Crippen LogP contribution >= 0.6 is 11.3 Å². The third kappa shape index (κ3) is 4.99. The van der Waals surface area contributed by atoms with Crippen molar-refractivity contribution < 1.29 is 14.4 Å². The summed E-state index contributed by atoms with van der Waals surface area (Å²) in [6, 6.07) is 6.81. The lowest BCUT2D eigenvalue weighted by atomic mass is 10.1. The molecule has 0 radical (unpaired) electrons. The minimum Gasteiger partial charge on any atom is -0.382 e. The average Bonchev–Trinajstić information content (AvgIpc) is 3.64. The number of rotatable bonds is 8. The van der Waals surface area contributed by atoms with Crippen LogP contribution in [-0.4, -0.2) is 76.9 Å². The van der Waals surface area contributed by atoms with Crippen molar-refractivity contribution in [3.8, 4) is 10.6 Å². The quantitative estimate of drug-likeness (QED) is 0.205. The molecule has 0 fully saturated rings. The van der Waals surface area contributed by atoms with Crippen LogP contribution in [0.1, 0.15) is 31.7 Å². The van der Waals surface area contributed by atoms with Crippen molar-refractivity contribution in [1.82, 2.24) is 44.6 Å². The number of benzene rings is 1. The summed E-state index contributed by atoms with van der Waals surface area (Å²) in [4.78, 5) is 57.3. The fourth-order valence-corrected chi connectivity index (χ4v) is 4.58. The van der Waals surface area contributed by atoms with Crippen molar-refractivity contribution in [2.45, 2.75) is 6.42 Å². The van der Waals surface area contributed by atoms with Crippen molar-refractivity contribution in [3.05, 3.63) is 52.7 Å². The lowest BCUT2D eigenvalue weighted by Crippen LogP contribution is -2.25. The highest BCUT2D eigenvalue weighted by Gasteiger charge is 2.23. The van der Waals surface area contributed by atoms with Crippen molar-refractivity contribution in [2.24, 2.45) is 7.05 Å². The molecule has 0 saturated carbocycles. The van der Waals surface area contributed by atoms with E-state index in [0.29, 0.717) is 45.4 Å². The largest absolute Gasteiger partial charge is 0.382 e. The Kier molecular flexibility index (Phi) is 6.68. The maximum atomic E-state index is 12.7. The smallest absolute Gasteiger partial charge is 0.273 e. The first-order chi connectivity index (χ1) is 18.7. The number of nitrogens with two attached hydrogens (primary N) is 1. The molecule has 0 aliphatic carbocycles. The molecule has 0 spiro atoms. The molecule has 4 heterocycles. The number of carbonyl (C=O) groups excluding carboxylic acids is 3. The number of fused-ring (bicyclic) bond motifs is 1. The molecule has 4 aromatic heterocycles. The van der Waals surface area contributed by atoms with Gasteiger partial charge in [0.15, 0.2) is 23.0 Å². The third-order valence-electron chi connectivity index (χ3n) is 5.70. The molecule has 0 bridgehead atoms. The highest BCUT2D eigenvalue weighted by molar-refractivity contribution is 7.14. The van der Waals surface area contributed by atoms with Crippen LogP contribution < -0.4 is 16.4 Å². The van der Waals surface area contributed by atoms with Crippen molar-refractivity contribution in [1.29, 1.82) is 0 Å². The first kappa shape index (κ1) is 25.4. The number of anilines is 3. The van der Waals surface area contributed by atoms with Crippen LogP contribution in [0.15, 0.2) is 30.6 Å². The fraction of sp³-hybridized carbons (Fsp3) is 0.174. The average molecular weight is 547 g/mol. The molecule has 198 valence electrons. The molecular formula is C23H22N12O3S. The first-order valence-corrected chi connectivity index (χ1v) is 12.2. The number of nitrogen functional groups attached to an aromatic ring is 1. The molecule has 3 amide bonds. The first-order valence-electron chi connectivity index (χ1n) is 11.4. The topological polar surface area (TPSA) is 203 Å². The summed E-state index contributed by atoms with van der Waals surface area (Å²) in [6.45, 7) is 0. The Bertz CT molecular complexity index is 1700. The minimum absolute atomic E-state index is 0.0474. The molecule has 5 aromatic rings. The van der Waals surface area contributed by atoms with E-state index >= 15 is 0 Å². The van der Waals surface area contributed by atoms with Crippen LogP contribution in [0.3, 0.4) is 0 Å². The molecule has 0 aliphatic heterocycles. The number of amides is 3. The standard InChI is InChI=1S/C23H22N12O3S/c1-34(2)22(38)16-19(27-10-36)28-13(35(16)3)8-14-32-33-21(39-14)12-6-4-11(5-7-12)20(37)31-23-29-17(24)15-18(30-23)26-9-25-15/h4-7,9-10H,8H2,1-3H3,(H,27,36)(H4,24,25,26,29,30,31,37). The van der Waals surface area contributed by atoms with Gasteiger partial charge in [-0.15, -0.1) is 10.2 Å². The van der Waals surface area contributed by atoms with Gasteiger partial charge in [0.05, 0.1) is 12.7 Å². The molecule has 15 nitrogen and oxygen atoms in total. The summed E-state index contributed by atoms with van der Waals surface area (Å²) in [7, 11) is 4.94. The van der Waals surface area contributed by atoms with E-state index in [1.54, 1.807) is 50.0 Å². The van der Waals surface area contributed by atoms with Gasteiger partial charge in [-0.2, -0.15) is 9.97 Å². The summed E-state index contributed by atoms with van der Waals surface area (Å²) in [5, 5.41) is 14.9. The zero-order chi connectivity index (χ0) is 27.7. The second-order valence-corrected chi connectivity index (χ2v) is 9.55. The van der Waals surface area contributed by atoms with Gasteiger partial charge in [0.1, 0.15) is 21.4 Å². The van der Waals surface area contributed by atoms with Gasteiger partial charge in [0, 0.05) is 32.3 Å². The molecule has 39 heavy (non-hydrogen) atoms. The predicted molar refractivity (Wildman–Crippen MR) is 143 cm³/mol. The molecule has 0 unspecified atom stereocenters. The van der Waals surface area contributed by atoms with Crippen molar-refractivity contribution in [3.63, 3.8) is 0 Å². The number of carbonyl (C=O) groups is 3. The van der Waals surface area contributed by atoms with Gasteiger partial charge >= 0.3 is 0 Å². The lowest BCUT2D eigenvalue weighted by molar-refractivity contribution is -0.105. The van der Waals surface area contributed by atoms with E-state index < -0.39 is 5.91 Å². The molecule has 1 aromatic carbocycles. The normalized spacial score (nSPS) is 10.9. The zero-order valence-corrected chi connectivity index (χ0v) is 21.8. The van der Waals surface area contributed by atoms with Crippen LogP contribution in [-0.2, 0) is 18.3 Å². The summed E-state index contributed by atoms with van der Waals surface area (Å²) >= 11 is 1.35. The number of nitrogens with zero attached hydrogens (tertiary/aromatic N) is 8. The highest BCUT2D eigenvalue weighted by Crippen LogP contribution is 2.27. The molecule has 0 atom stereocenters. The molecule has 5 rings (SSSR count). The molecule has 0 aliphatic rings. The summed E-state index contributed by atoms with van der Waals surface area (Å²) in [5.74, 6) is 0.238. The number of nitrogens with one attached hydrogen (secondary N) is 3. The number of imidazole rings is 2. The molecular weight excluding hydrogens is 524 g/mol. The molecule has 0 saturated heterocycles. The maximum absolute atomic E-state index is 12.7. The summed E-state index contributed by atoms with van der Waals surface area (Å²) in [6.07, 6.45) is 2.22. The maximum Gasteiger partial charge on any atom is 0.273 e. The number of aromatic amines is 1. The van der Waals surface area contributed by atoms with Crippen LogP contribution in [0.4, 0.5) is 17.6 Å². The number of hydrogen-bond donors (Lipinski definition) is 4. The van der Waals surface area contributed by atoms with E-state index in [2.05, 4.69) is 45.8 Å². The van der Waals surface area contributed by atoms with E-state index in [4.69, 9.17) is 5.73 Å². The van der Waals surface area contributed by atoms with Gasteiger partial charge in [-0.25, -0.2) is 9.97 Å². The minimum atomic E-state index is -0.411. The van der Waals surface area contributed by atoms with Crippen LogP contribution in [0.2, 0.25) is 0 Å². The summed E-state index contributed by atoms with van der Waals surface area (Å²) in [5.41, 5.74) is 8.14. The summed E-state index contributed by atoms with van der Waals surface area (Å²) < 4.78 is 1.63. The zero-order valence-electron chi connectivity index (χ0n) is 21.0. The Hall–Kier alpha value is -5.25. The van der Waals surface area contributed by atoms with Gasteiger partial charge in [0.25, 0.3) is 11.8 Å². The Labute approximate surface area is 224 Å². The predicted octanol–water partition coefficient (Wildman–Crippen LogP) is 1.30. The Morgan fingerprint density at radius 3 is 2.64 bits per heavy atom. The SMILES string of the molecule is CN(C)C(=O)c1c(NC=O)nc(Cc2nnc(-c3ccc(C(=O)Nc4nc(N)c5[nH]cnc5n4)cc3)s2)n1C. The molecule has 5 N–H and O–H groups in total. The van der Waals surface area contributed by atoms with E-state index in [9.17, 15) is 14.4 Å². The van der Waals surface area contributed by atoms with E-state index in [1.165, 1.54) is 22.6 Å². The van der Waals surface area contributed by atoms with E-state index in [-0.39, 0.29) is 29.2 Å². The molecule has 16 heteroatoms. The van der Waals surface area contributed by atoms with Gasteiger partial charge in [0.2, 0.25) is 12.4 Å². The monoisotopic (exact) mass is 546 g/mol. The van der Waals surface area contributed by atoms with Crippen molar-refractivity contribution in [2.75, 3.05) is 30.5 Å². The highest BCUT2D eigenvalue weighted by atomic mass is 32.1. The second-order valence-electron chi connectivity index (χ2n) is 8.49. The van der Waals surface area contributed by atoms with Crippen molar-refractivity contribution >= 4 is 58.3 Å². The third-order valence-corrected chi connectivity index (χ3v) is 6.67. The Morgan fingerprint density at radius 2 is 1.92 bits per heavy atom. The second kappa shape index (κ2) is 10.3. The fourth-order valence-electron chi connectivity index (χ4n) is 3.74. The van der Waals surface area contributed by atoms with Gasteiger partial charge in [-0.1, -0.05) is 23.5 Å². The Morgan fingerprint density at radius 1 is 1.15 bits per heavy atom.